The number of Topliss-reactive ketones (excluding diaryl/α,β-unsaturated/α-hetero) is 2. The SMILES string of the molecule is CCCC(=O)c1cc(-c2ccc(NN)c3ccsc23)cc(C(=O)CCC)n1. The van der Waals surface area contributed by atoms with Crippen LogP contribution < -0.4 is 11.3 Å². The third kappa shape index (κ3) is 3.91. The molecule has 27 heavy (non-hydrogen) atoms. The van der Waals surface area contributed by atoms with Crippen molar-refractivity contribution in [2.75, 3.05) is 5.43 Å². The fourth-order valence-electron chi connectivity index (χ4n) is 3.10. The maximum atomic E-state index is 12.5. The second-order valence-corrected chi connectivity index (χ2v) is 7.36. The number of benzene rings is 1. The molecule has 0 radical (unpaired) electrons. The largest absolute Gasteiger partial charge is 0.323 e. The lowest BCUT2D eigenvalue weighted by atomic mass is 9.99. The molecule has 140 valence electrons. The van der Waals surface area contributed by atoms with Crippen LogP contribution in [0.25, 0.3) is 21.2 Å². The number of rotatable bonds is 8. The summed E-state index contributed by atoms with van der Waals surface area (Å²) in [5.74, 6) is 5.54. The Morgan fingerprint density at radius 3 is 2.22 bits per heavy atom. The molecule has 3 aromatic rings. The zero-order valence-corrected chi connectivity index (χ0v) is 16.4. The summed E-state index contributed by atoms with van der Waals surface area (Å²) in [7, 11) is 0. The van der Waals surface area contributed by atoms with E-state index in [1.165, 1.54) is 0 Å². The van der Waals surface area contributed by atoms with E-state index in [9.17, 15) is 9.59 Å². The highest BCUT2D eigenvalue weighted by Crippen LogP contribution is 2.37. The number of nitrogens with one attached hydrogen (secondary N) is 1. The number of thiophene rings is 1. The first-order chi connectivity index (χ1) is 13.1. The monoisotopic (exact) mass is 381 g/mol. The third-order valence-electron chi connectivity index (χ3n) is 4.43. The lowest BCUT2D eigenvalue weighted by molar-refractivity contribution is 0.0973. The summed E-state index contributed by atoms with van der Waals surface area (Å²) in [5.41, 5.74) is 6.08. The number of nitrogens with two attached hydrogens (primary N) is 1. The molecule has 2 heterocycles. The molecule has 0 aliphatic rings. The van der Waals surface area contributed by atoms with Crippen LogP contribution in [-0.2, 0) is 0 Å². The molecule has 0 unspecified atom stereocenters. The highest BCUT2D eigenvalue weighted by Gasteiger charge is 2.17. The van der Waals surface area contributed by atoms with Gasteiger partial charge in [0, 0.05) is 22.9 Å². The molecule has 6 heteroatoms. The van der Waals surface area contributed by atoms with Gasteiger partial charge in [-0.05, 0) is 53.6 Å². The summed E-state index contributed by atoms with van der Waals surface area (Å²) in [6, 6.07) is 9.47. The second kappa shape index (κ2) is 8.41. The van der Waals surface area contributed by atoms with Crippen molar-refractivity contribution in [1.82, 2.24) is 4.98 Å². The minimum Gasteiger partial charge on any atom is -0.323 e. The Kier molecular flexibility index (Phi) is 5.98. The van der Waals surface area contributed by atoms with Gasteiger partial charge in [-0.2, -0.15) is 0 Å². The van der Waals surface area contributed by atoms with Gasteiger partial charge in [-0.1, -0.05) is 19.9 Å². The summed E-state index contributed by atoms with van der Waals surface area (Å²) in [4.78, 5) is 29.3. The summed E-state index contributed by atoms with van der Waals surface area (Å²) in [6.45, 7) is 3.91. The number of hydrogen-bond donors (Lipinski definition) is 2. The Balaban J connectivity index is 2.18. The molecule has 0 bridgehead atoms. The van der Waals surface area contributed by atoms with Crippen LogP contribution in [-0.4, -0.2) is 16.6 Å². The number of carbonyl (C=O) groups is 2. The Hall–Kier alpha value is -2.57. The van der Waals surface area contributed by atoms with E-state index in [-0.39, 0.29) is 11.6 Å². The van der Waals surface area contributed by atoms with E-state index < -0.39 is 0 Å². The lowest BCUT2D eigenvalue weighted by Crippen LogP contribution is -2.09. The number of nitrogens with zero attached hydrogens (tertiary/aromatic N) is 1. The van der Waals surface area contributed by atoms with E-state index in [1.54, 1.807) is 23.5 Å². The Bertz CT molecular complexity index is 958. The molecule has 1 aromatic carbocycles. The zero-order valence-electron chi connectivity index (χ0n) is 15.5. The molecule has 0 amide bonds. The Labute approximate surface area is 162 Å². The van der Waals surface area contributed by atoms with Crippen LogP contribution in [0.5, 0.6) is 0 Å². The van der Waals surface area contributed by atoms with Crippen LogP contribution in [0.4, 0.5) is 5.69 Å². The summed E-state index contributed by atoms with van der Waals surface area (Å²) in [6.07, 6.45) is 2.33. The van der Waals surface area contributed by atoms with Crippen LogP contribution in [0, 0.1) is 0 Å². The molecule has 2 aromatic heterocycles. The zero-order chi connectivity index (χ0) is 19.4. The van der Waals surface area contributed by atoms with E-state index >= 15 is 0 Å². The molecule has 0 saturated carbocycles. The number of hydrogen-bond acceptors (Lipinski definition) is 6. The number of carbonyl (C=O) groups excluding carboxylic acids is 2. The molecular weight excluding hydrogens is 358 g/mol. The Morgan fingerprint density at radius 2 is 1.67 bits per heavy atom. The van der Waals surface area contributed by atoms with Gasteiger partial charge in [-0.3, -0.25) is 15.4 Å². The third-order valence-corrected chi connectivity index (χ3v) is 5.38. The summed E-state index contributed by atoms with van der Waals surface area (Å²) >= 11 is 1.60. The molecule has 5 nitrogen and oxygen atoms in total. The van der Waals surface area contributed by atoms with Gasteiger partial charge in [0.1, 0.15) is 11.4 Å². The van der Waals surface area contributed by atoms with Crippen molar-refractivity contribution in [2.24, 2.45) is 5.84 Å². The first-order valence-electron chi connectivity index (χ1n) is 9.14. The summed E-state index contributed by atoms with van der Waals surface area (Å²) < 4.78 is 1.06. The van der Waals surface area contributed by atoms with Crippen LogP contribution >= 0.6 is 11.3 Å². The van der Waals surface area contributed by atoms with E-state index in [2.05, 4.69) is 10.4 Å². The molecule has 0 aliphatic heterocycles. The van der Waals surface area contributed by atoms with Crippen molar-refractivity contribution >= 4 is 38.7 Å². The predicted molar refractivity (Wildman–Crippen MR) is 111 cm³/mol. The predicted octanol–water partition coefficient (Wildman–Crippen LogP) is 5.21. The standard InChI is InChI=1S/C21H23N3O2S/c1-3-5-19(25)17-11-13(12-18(23-17)20(26)6-4-2)14-7-8-16(24-22)15-9-10-27-21(14)15/h7-12,24H,3-6,22H2,1-2H3. The highest BCUT2D eigenvalue weighted by atomic mass is 32.1. The van der Waals surface area contributed by atoms with Crippen molar-refractivity contribution in [3.63, 3.8) is 0 Å². The van der Waals surface area contributed by atoms with Crippen molar-refractivity contribution in [3.05, 3.63) is 47.1 Å². The first kappa shape index (κ1) is 19.2. The lowest BCUT2D eigenvalue weighted by Gasteiger charge is -2.11. The number of anilines is 1. The first-order valence-corrected chi connectivity index (χ1v) is 10.0. The van der Waals surface area contributed by atoms with E-state index in [4.69, 9.17) is 5.84 Å². The maximum Gasteiger partial charge on any atom is 0.181 e. The molecule has 0 atom stereocenters. The fraction of sp³-hybridized carbons (Fsp3) is 0.286. The average Bonchev–Trinajstić information content (AvgIpc) is 3.17. The van der Waals surface area contributed by atoms with Crippen LogP contribution in [0.2, 0.25) is 0 Å². The number of ketones is 2. The average molecular weight is 382 g/mol. The normalized spacial score (nSPS) is 10.9. The number of nitrogen functional groups attached to an aromatic ring is 1. The van der Waals surface area contributed by atoms with Gasteiger partial charge in [-0.15, -0.1) is 11.3 Å². The van der Waals surface area contributed by atoms with Crippen molar-refractivity contribution in [3.8, 4) is 11.1 Å². The van der Waals surface area contributed by atoms with Crippen LogP contribution in [0.3, 0.4) is 0 Å². The van der Waals surface area contributed by atoms with Crippen LogP contribution in [0.1, 0.15) is 60.5 Å². The molecular formula is C21H23N3O2S. The number of pyridine rings is 1. The van der Waals surface area contributed by atoms with Gasteiger partial charge in [0.15, 0.2) is 11.6 Å². The molecule has 0 fully saturated rings. The number of fused-ring (bicyclic) bond motifs is 1. The van der Waals surface area contributed by atoms with Gasteiger partial charge in [0.25, 0.3) is 0 Å². The molecule has 0 spiro atoms. The van der Waals surface area contributed by atoms with Gasteiger partial charge in [-0.25, -0.2) is 4.98 Å². The van der Waals surface area contributed by atoms with Gasteiger partial charge in [0.2, 0.25) is 0 Å². The Morgan fingerprint density at radius 1 is 1.04 bits per heavy atom. The smallest absolute Gasteiger partial charge is 0.181 e. The topological polar surface area (TPSA) is 85.1 Å². The van der Waals surface area contributed by atoms with Gasteiger partial charge < -0.3 is 5.43 Å². The fourth-order valence-corrected chi connectivity index (χ4v) is 4.06. The minimum atomic E-state index is -0.0347. The van der Waals surface area contributed by atoms with Gasteiger partial charge in [0.05, 0.1) is 5.69 Å². The van der Waals surface area contributed by atoms with Crippen molar-refractivity contribution < 1.29 is 9.59 Å². The van der Waals surface area contributed by atoms with E-state index in [1.807, 2.05) is 37.4 Å². The molecule has 3 rings (SSSR count). The van der Waals surface area contributed by atoms with Crippen LogP contribution in [0.15, 0.2) is 35.7 Å². The molecule has 0 aliphatic carbocycles. The highest BCUT2D eigenvalue weighted by molar-refractivity contribution is 7.17. The second-order valence-electron chi connectivity index (χ2n) is 6.44. The number of aromatic nitrogens is 1. The van der Waals surface area contributed by atoms with E-state index in [0.29, 0.717) is 24.2 Å². The maximum absolute atomic E-state index is 12.5. The molecule has 3 N–H and O–H groups in total. The van der Waals surface area contributed by atoms with Crippen molar-refractivity contribution in [2.45, 2.75) is 39.5 Å². The number of hydrazine groups is 1. The summed E-state index contributed by atoms with van der Waals surface area (Å²) in [5, 5.41) is 3.02. The minimum absolute atomic E-state index is 0.0347. The molecule has 0 saturated heterocycles. The van der Waals surface area contributed by atoms with Crippen molar-refractivity contribution in [1.29, 1.82) is 0 Å². The quantitative estimate of drug-likeness (QED) is 0.318. The van der Waals surface area contributed by atoms with Gasteiger partial charge >= 0.3 is 0 Å². The van der Waals surface area contributed by atoms with E-state index in [0.717, 1.165) is 39.7 Å².